The fourth-order valence-electron chi connectivity index (χ4n) is 2.36. The maximum atomic E-state index is 14.7. The Morgan fingerprint density at radius 3 is 1.30 bits per heavy atom. The molecule has 0 amide bonds. The number of hydrogen-bond donors (Lipinski definition) is 0. The summed E-state index contributed by atoms with van der Waals surface area (Å²) < 4.78 is 242. The molecule has 23 heteroatoms. The fourth-order valence-corrected chi connectivity index (χ4v) is 2.36. The Kier molecular flexibility index (Phi) is 11.1. The summed E-state index contributed by atoms with van der Waals surface area (Å²) in [4.78, 5) is 34.8. The second kappa shape index (κ2) is 12.1. The molecule has 6 nitrogen and oxygen atoms in total. The zero-order valence-corrected chi connectivity index (χ0v) is 21.0. The summed E-state index contributed by atoms with van der Waals surface area (Å²) in [5.74, 6) is -65.9. The molecule has 0 N–H and O–H groups in total. The highest BCUT2D eigenvalue weighted by molar-refractivity contribution is 5.83. The summed E-state index contributed by atoms with van der Waals surface area (Å²) in [5.41, 5.74) is -2.71. The van der Waals surface area contributed by atoms with Crippen molar-refractivity contribution in [2.75, 3.05) is 6.61 Å². The molecule has 0 aliphatic heterocycles. The Hall–Kier alpha value is -3.56. The molecule has 0 bridgehead atoms. The van der Waals surface area contributed by atoms with Crippen LogP contribution >= 0.6 is 0 Å². The molecular weight excluding hydrogens is 671 g/mol. The predicted molar refractivity (Wildman–Crippen MR) is 106 cm³/mol. The van der Waals surface area contributed by atoms with E-state index >= 15 is 0 Å². The largest absolute Gasteiger partial charge is 0.461 e. The number of hydrogen-bond acceptors (Lipinski definition) is 6. The topological polar surface area (TPSA) is 78.9 Å². The van der Waals surface area contributed by atoms with E-state index in [4.69, 9.17) is 0 Å². The molecule has 0 rings (SSSR count). The minimum atomic E-state index is -8.93. The maximum Gasteiger partial charge on any atom is 0.460 e. The number of esters is 3. The molecular formula is C21H15F17O6. The number of rotatable bonds is 15. The van der Waals surface area contributed by atoms with Crippen LogP contribution in [0.25, 0.3) is 0 Å². The van der Waals surface area contributed by atoms with Crippen LogP contribution < -0.4 is 0 Å². The molecule has 254 valence electrons. The molecule has 0 spiro atoms. The molecule has 0 saturated heterocycles. The summed E-state index contributed by atoms with van der Waals surface area (Å²) in [5, 5.41) is 0. The fraction of sp³-hybridized carbons (Fsp3) is 0.571. The smallest absolute Gasteiger partial charge is 0.460 e. The first-order chi connectivity index (χ1) is 19.2. The average molecular weight is 686 g/mol. The van der Waals surface area contributed by atoms with Crippen LogP contribution in [0.15, 0.2) is 38.0 Å². The average Bonchev–Trinajstić information content (AvgIpc) is 2.89. The number of ether oxygens (including phenoxy) is 3. The Bertz CT molecular complexity index is 1140. The molecule has 0 saturated carbocycles. The summed E-state index contributed by atoms with van der Waals surface area (Å²) in [6.07, 6.45) is -12.4. The monoisotopic (exact) mass is 686 g/mol. The molecule has 2 unspecified atom stereocenters. The lowest BCUT2D eigenvalue weighted by Gasteiger charge is -2.43. The standard InChI is InChI=1S/C21H15F17O6/c1-5-9(39)42-8-13(4,7-3)11(41)44-12(43-10(40)6-2)14(22,23)15(24,25)16(26,27)17(28,29)18(30,31)19(32,33)20(34,35)21(36,37)38/h5-7,12H,1-3,8H2,4H3. The Labute approximate surface area is 233 Å². The van der Waals surface area contributed by atoms with Gasteiger partial charge in [0.25, 0.3) is 0 Å². The first-order valence-electron chi connectivity index (χ1n) is 10.4. The van der Waals surface area contributed by atoms with E-state index in [1.165, 1.54) is 0 Å². The van der Waals surface area contributed by atoms with Gasteiger partial charge in [0.1, 0.15) is 12.0 Å². The number of halogens is 17. The van der Waals surface area contributed by atoms with E-state index in [0.29, 0.717) is 19.1 Å². The SMILES string of the molecule is C=CC(=O)OCC(C)(C=C)C(=O)OC(OC(=O)C=C)C(F)(F)C(F)(F)C(F)(F)C(F)(F)C(F)(F)C(F)(F)C(F)(F)C(F)(F)F. The summed E-state index contributed by atoms with van der Waals surface area (Å²) >= 11 is 0. The van der Waals surface area contributed by atoms with Crippen LogP contribution in [0.1, 0.15) is 6.92 Å². The molecule has 0 aromatic heterocycles. The minimum Gasteiger partial charge on any atom is -0.461 e. The quantitative estimate of drug-likeness (QED) is 0.0643. The van der Waals surface area contributed by atoms with Gasteiger partial charge >= 0.3 is 71.8 Å². The number of alkyl halides is 17. The highest BCUT2D eigenvalue weighted by atomic mass is 19.4. The summed E-state index contributed by atoms with van der Waals surface area (Å²) in [6, 6.07) is 0. The molecule has 2 atom stereocenters. The summed E-state index contributed by atoms with van der Waals surface area (Å²) in [7, 11) is 0. The van der Waals surface area contributed by atoms with Crippen LogP contribution in [0, 0.1) is 5.41 Å². The van der Waals surface area contributed by atoms with Crippen LogP contribution in [-0.2, 0) is 28.6 Å². The van der Waals surface area contributed by atoms with E-state index in [-0.39, 0.29) is 6.08 Å². The molecule has 44 heavy (non-hydrogen) atoms. The zero-order chi connectivity index (χ0) is 35.8. The van der Waals surface area contributed by atoms with E-state index in [9.17, 15) is 89.0 Å². The van der Waals surface area contributed by atoms with Gasteiger partial charge in [0.2, 0.25) is 0 Å². The van der Waals surface area contributed by atoms with Gasteiger partial charge in [-0.15, -0.1) is 6.58 Å². The highest BCUT2D eigenvalue weighted by Crippen LogP contribution is 2.64. The molecule has 0 aromatic carbocycles. The van der Waals surface area contributed by atoms with Crippen LogP contribution in [0.2, 0.25) is 0 Å². The van der Waals surface area contributed by atoms with Crippen LogP contribution in [0.5, 0.6) is 0 Å². The third-order valence-corrected chi connectivity index (χ3v) is 5.24. The van der Waals surface area contributed by atoms with E-state index in [1.54, 1.807) is 0 Å². The summed E-state index contributed by atoms with van der Waals surface area (Å²) in [6.45, 7) is 7.47. The molecule has 0 aromatic rings. The first-order valence-corrected chi connectivity index (χ1v) is 10.4. The van der Waals surface area contributed by atoms with E-state index in [2.05, 4.69) is 33.9 Å². The van der Waals surface area contributed by atoms with Gasteiger partial charge in [-0.25, -0.2) is 9.59 Å². The van der Waals surface area contributed by atoms with Crippen LogP contribution in [0.3, 0.4) is 0 Å². The van der Waals surface area contributed by atoms with E-state index in [1.807, 2.05) is 0 Å². The van der Waals surface area contributed by atoms with Gasteiger partial charge in [0, 0.05) is 12.2 Å². The van der Waals surface area contributed by atoms with Gasteiger partial charge in [0.05, 0.1) is 0 Å². The van der Waals surface area contributed by atoms with Crippen molar-refractivity contribution in [3.05, 3.63) is 38.0 Å². The number of carbonyl (C=O) groups excluding carboxylic acids is 3. The lowest BCUT2D eigenvalue weighted by Crippen LogP contribution is -2.75. The van der Waals surface area contributed by atoms with Crippen molar-refractivity contribution >= 4 is 17.9 Å². The number of carbonyl (C=O) groups is 3. The van der Waals surface area contributed by atoms with E-state index < -0.39 is 83.9 Å². The Balaban J connectivity index is 7.11. The van der Waals surface area contributed by atoms with Crippen LogP contribution in [-0.4, -0.2) is 78.4 Å². The van der Waals surface area contributed by atoms with Crippen molar-refractivity contribution in [3.63, 3.8) is 0 Å². The van der Waals surface area contributed by atoms with Gasteiger partial charge in [-0.1, -0.05) is 19.2 Å². The highest BCUT2D eigenvalue weighted by Gasteiger charge is 2.96. The van der Waals surface area contributed by atoms with Crippen molar-refractivity contribution < 1.29 is 103 Å². The molecule has 0 aliphatic rings. The van der Waals surface area contributed by atoms with Crippen molar-refractivity contribution in [3.8, 4) is 0 Å². The predicted octanol–water partition coefficient (Wildman–Crippen LogP) is 6.52. The van der Waals surface area contributed by atoms with Gasteiger partial charge in [-0.2, -0.15) is 74.6 Å². The van der Waals surface area contributed by atoms with Gasteiger partial charge in [-0.3, -0.25) is 4.79 Å². The Morgan fingerprint density at radius 2 is 0.955 bits per heavy atom. The second-order valence-electron chi connectivity index (χ2n) is 8.38. The lowest BCUT2D eigenvalue weighted by molar-refractivity contribution is -0.467. The third kappa shape index (κ3) is 6.31. The Morgan fingerprint density at radius 1 is 0.591 bits per heavy atom. The van der Waals surface area contributed by atoms with Gasteiger partial charge in [-0.05, 0) is 6.92 Å². The van der Waals surface area contributed by atoms with Crippen molar-refractivity contribution in [2.24, 2.45) is 5.41 Å². The minimum absolute atomic E-state index is 0.270. The molecule has 0 aliphatic carbocycles. The van der Waals surface area contributed by atoms with Gasteiger partial charge in [0.15, 0.2) is 0 Å². The van der Waals surface area contributed by atoms with Crippen molar-refractivity contribution in [1.82, 2.24) is 0 Å². The second-order valence-corrected chi connectivity index (χ2v) is 8.38. The van der Waals surface area contributed by atoms with Crippen molar-refractivity contribution in [1.29, 1.82) is 0 Å². The third-order valence-electron chi connectivity index (χ3n) is 5.24. The van der Waals surface area contributed by atoms with Gasteiger partial charge < -0.3 is 14.2 Å². The van der Waals surface area contributed by atoms with Crippen LogP contribution in [0.4, 0.5) is 74.6 Å². The first kappa shape index (κ1) is 40.4. The van der Waals surface area contributed by atoms with Crippen molar-refractivity contribution in [2.45, 2.75) is 60.8 Å². The van der Waals surface area contributed by atoms with E-state index in [0.717, 1.165) is 0 Å². The maximum absolute atomic E-state index is 14.7. The molecule has 0 fully saturated rings. The lowest BCUT2D eigenvalue weighted by atomic mass is 9.88. The molecule has 0 heterocycles. The zero-order valence-electron chi connectivity index (χ0n) is 21.0. The molecule has 0 radical (unpaired) electrons. The normalized spacial score (nSPS) is 16.2.